The van der Waals surface area contributed by atoms with Crippen molar-refractivity contribution in [2.45, 2.75) is 6.61 Å². The normalized spacial score (nSPS) is 15.4. The Balaban J connectivity index is 2.54. The number of ether oxygens (including phenoxy) is 1. The van der Waals surface area contributed by atoms with Crippen molar-refractivity contribution in [2.75, 3.05) is 13.1 Å². The van der Waals surface area contributed by atoms with E-state index in [9.17, 15) is 13.6 Å². The van der Waals surface area contributed by atoms with E-state index >= 15 is 0 Å². The molecular weight excluding hydrogens is 446 g/mol. The third kappa shape index (κ3) is 6.62. The number of nitrogens with two attached hydrogens (primary N) is 3. The molecule has 0 unspecified atom stereocenters. The van der Waals surface area contributed by atoms with Gasteiger partial charge in [0.1, 0.15) is 23.0 Å². The third-order valence-electron chi connectivity index (χ3n) is 3.80. The maximum Gasteiger partial charge on any atom is 0.387 e. The maximum atomic E-state index is 12.9. The van der Waals surface area contributed by atoms with E-state index in [-0.39, 0.29) is 52.2 Å². The van der Waals surface area contributed by atoms with Crippen LogP contribution in [0.15, 0.2) is 57.6 Å². The quantitative estimate of drug-likeness (QED) is 0.180. The number of nitrogens with one attached hydrogen (secondary N) is 3. The Morgan fingerprint density at radius 2 is 2.16 bits per heavy atom. The monoisotopic (exact) mass is 466 g/mol. The Morgan fingerprint density at radius 3 is 2.75 bits per heavy atom. The van der Waals surface area contributed by atoms with Crippen LogP contribution in [0.2, 0.25) is 5.02 Å². The van der Waals surface area contributed by atoms with Crippen molar-refractivity contribution in [1.82, 2.24) is 10.6 Å². The number of alkyl halides is 2. The lowest BCUT2D eigenvalue weighted by molar-refractivity contribution is -0.116. The summed E-state index contributed by atoms with van der Waals surface area (Å²) >= 11 is 5.99. The first-order valence-corrected chi connectivity index (χ1v) is 9.42. The molecule has 1 aromatic carbocycles. The fraction of sp³-hybridized carbons (Fsp3) is 0.158. The zero-order valence-electron chi connectivity index (χ0n) is 16.6. The van der Waals surface area contributed by atoms with E-state index in [1.165, 1.54) is 36.8 Å². The Hall–Kier alpha value is -3.77. The minimum atomic E-state index is -3.12. The smallest absolute Gasteiger partial charge is 0.387 e. The van der Waals surface area contributed by atoms with Crippen LogP contribution in [0.4, 0.5) is 8.78 Å². The van der Waals surface area contributed by atoms with Gasteiger partial charge in [-0.05, 0) is 24.3 Å². The van der Waals surface area contributed by atoms with E-state index in [1.54, 1.807) is 6.08 Å². The average molecular weight is 467 g/mol. The topological polar surface area (TPSA) is 177 Å². The van der Waals surface area contributed by atoms with Crippen molar-refractivity contribution in [3.8, 4) is 5.75 Å². The molecule has 1 heterocycles. The van der Waals surface area contributed by atoms with E-state index < -0.39 is 18.4 Å². The van der Waals surface area contributed by atoms with Gasteiger partial charge in [0.25, 0.3) is 5.91 Å². The molecule has 2 rings (SSSR count). The average Bonchev–Trinajstić information content (AvgIpc) is 2.74. The first kappa shape index (κ1) is 24.5. The summed E-state index contributed by atoms with van der Waals surface area (Å²) in [6.07, 6.45) is 5.67. The van der Waals surface area contributed by atoms with Crippen molar-refractivity contribution in [3.05, 3.63) is 58.2 Å². The van der Waals surface area contributed by atoms with Crippen LogP contribution in [0, 0.1) is 5.41 Å². The molecule has 0 aromatic heterocycles. The molecular formula is C19H21ClF2N8O2. The van der Waals surface area contributed by atoms with Crippen LogP contribution in [-0.4, -0.2) is 43.9 Å². The molecule has 0 fully saturated rings. The highest BCUT2D eigenvalue weighted by atomic mass is 35.5. The van der Waals surface area contributed by atoms with Crippen molar-refractivity contribution in [1.29, 1.82) is 5.41 Å². The van der Waals surface area contributed by atoms with E-state index in [4.69, 9.17) is 34.2 Å². The van der Waals surface area contributed by atoms with Crippen LogP contribution in [0.25, 0.3) is 5.70 Å². The van der Waals surface area contributed by atoms with Crippen molar-refractivity contribution >= 4 is 41.5 Å². The number of benzene rings is 1. The van der Waals surface area contributed by atoms with Gasteiger partial charge in [-0.15, -0.1) is 0 Å². The summed E-state index contributed by atoms with van der Waals surface area (Å²) in [4.78, 5) is 20.9. The Labute approximate surface area is 187 Å². The van der Waals surface area contributed by atoms with Gasteiger partial charge in [-0.1, -0.05) is 11.6 Å². The Bertz CT molecular complexity index is 1030. The molecule has 10 nitrogen and oxygen atoms in total. The SMILES string of the molecule is N=C(N)/C(C(=O)NC(C=NCCN)=C(N)c1cc(Cl)ccc1OC(F)F)=C1/N=CC=CN1. The number of carbonyl (C=O) groups excluding carboxylic acids is 1. The molecule has 1 amide bonds. The van der Waals surface area contributed by atoms with Crippen LogP contribution in [0.5, 0.6) is 5.75 Å². The molecule has 0 atom stereocenters. The number of allylic oxidation sites excluding steroid dienone is 2. The van der Waals surface area contributed by atoms with Crippen molar-refractivity contribution in [2.24, 2.45) is 27.2 Å². The van der Waals surface area contributed by atoms with Gasteiger partial charge in [0.2, 0.25) is 0 Å². The minimum absolute atomic E-state index is 0.0129. The standard InChI is InChI=1S/C19H21ClF2N8O2/c20-10-2-3-13(32-19(21)22)11(8-10)15(24)12(9-27-7-4-23)30-18(31)14(16(25)26)17-28-5-1-6-29-17/h1-3,5-6,8-9,19,28H,4,7,23-24H2,(H3,25,26)(H,30,31)/b15-12?,17-14-,27-9?. The Morgan fingerprint density at radius 1 is 1.41 bits per heavy atom. The van der Waals surface area contributed by atoms with Gasteiger partial charge >= 0.3 is 6.61 Å². The Kier molecular flexibility index (Phi) is 8.86. The van der Waals surface area contributed by atoms with Gasteiger partial charge < -0.3 is 32.6 Å². The number of halogens is 3. The molecule has 0 bridgehead atoms. The summed E-state index contributed by atoms with van der Waals surface area (Å²) in [5.74, 6) is -1.66. The summed E-state index contributed by atoms with van der Waals surface area (Å²) in [5, 5.41) is 13.1. The first-order chi connectivity index (χ1) is 15.2. The van der Waals surface area contributed by atoms with Crippen LogP contribution < -0.4 is 32.6 Å². The minimum Gasteiger partial charge on any atom is -0.434 e. The van der Waals surface area contributed by atoms with Gasteiger partial charge in [0.05, 0.1) is 17.9 Å². The van der Waals surface area contributed by atoms with E-state index in [0.717, 1.165) is 0 Å². The maximum absolute atomic E-state index is 12.9. The largest absolute Gasteiger partial charge is 0.434 e. The lowest BCUT2D eigenvalue weighted by atomic mass is 10.1. The van der Waals surface area contributed by atoms with Crippen LogP contribution in [0.1, 0.15) is 5.56 Å². The number of amides is 1. The molecule has 170 valence electrons. The number of hydrogen-bond donors (Lipinski definition) is 6. The predicted molar refractivity (Wildman–Crippen MR) is 119 cm³/mol. The van der Waals surface area contributed by atoms with E-state index in [2.05, 4.69) is 25.4 Å². The highest BCUT2D eigenvalue weighted by molar-refractivity contribution is 6.30. The molecule has 13 heteroatoms. The zero-order valence-corrected chi connectivity index (χ0v) is 17.4. The van der Waals surface area contributed by atoms with E-state index in [0.29, 0.717) is 0 Å². The van der Waals surface area contributed by atoms with Gasteiger partial charge in [-0.25, -0.2) is 4.99 Å². The number of amidine groups is 1. The lowest BCUT2D eigenvalue weighted by Crippen LogP contribution is -2.35. The van der Waals surface area contributed by atoms with E-state index in [1.807, 2.05) is 0 Å². The van der Waals surface area contributed by atoms with Crippen LogP contribution in [0.3, 0.4) is 0 Å². The summed E-state index contributed by atoms with van der Waals surface area (Å²) in [7, 11) is 0. The molecule has 9 N–H and O–H groups in total. The summed E-state index contributed by atoms with van der Waals surface area (Å²) < 4.78 is 30.2. The summed E-state index contributed by atoms with van der Waals surface area (Å²) in [6.45, 7) is -2.72. The second kappa shape index (κ2) is 11.6. The fourth-order valence-electron chi connectivity index (χ4n) is 2.46. The van der Waals surface area contributed by atoms with Crippen molar-refractivity contribution in [3.63, 3.8) is 0 Å². The predicted octanol–water partition coefficient (Wildman–Crippen LogP) is 1.05. The third-order valence-corrected chi connectivity index (χ3v) is 4.04. The van der Waals surface area contributed by atoms with Crippen LogP contribution >= 0.6 is 11.6 Å². The van der Waals surface area contributed by atoms with Crippen LogP contribution in [-0.2, 0) is 4.79 Å². The van der Waals surface area contributed by atoms with Gasteiger partial charge in [-0.2, -0.15) is 8.78 Å². The lowest BCUT2D eigenvalue weighted by Gasteiger charge is -2.16. The fourth-order valence-corrected chi connectivity index (χ4v) is 2.63. The zero-order chi connectivity index (χ0) is 23.7. The highest BCUT2D eigenvalue weighted by Crippen LogP contribution is 2.29. The van der Waals surface area contributed by atoms with Gasteiger partial charge in [0.15, 0.2) is 0 Å². The number of carbonyl (C=O) groups is 1. The molecule has 1 aliphatic heterocycles. The molecule has 0 radical (unpaired) electrons. The van der Waals surface area contributed by atoms with Crippen molar-refractivity contribution < 1.29 is 18.3 Å². The molecule has 0 saturated heterocycles. The second-order valence-corrected chi connectivity index (χ2v) is 6.48. The number of hydrogen-bond acceptors (Lipinski definition) is 8. The molecule has 1 aliphatic rings. The molecule has 32 heavy (non-hydrogen) atoms. The number of nitrogens with zero attached hydrogens (tertiary/aromatic N) is 2. The second-order valence-electron chi connectivity index (χ2n) is 6.04. The molecule has 0 spiro atoms. The van der Waals surface area contributed by atoms with Gasteiger partial charge in [-0.3, -0.25) is 15.2 Å². The highest BCUT2D eigenvalue weighted by Gasteiger charge is 2.22. The molecule has 1 aromatic rings. The van der Waals surface area contributed by atoms with Gasteiger partial charge in [0, 0.05) is 35.8 Å². The summed E-state index contributed by atoms with van der Waals surface area (Å²) in [5.41, 5.74) is 16.6. The number of rotatable bonds is 9. The molecule has 0 aliphatic carbocycles. The molecule has 0 saturated carbocycles. The first-order valence-electron chi connectivity index (χ1n) is 9.04. The number of aliphatic imine (C=N–C) groups is 2. The summed E-state index contributed by atoms with van der Waals surface area (Å²) in [6, 6.07) is 3.85.